The Morgan fingerprint density at radius 1 is 1.47 bits per heavy atom. The Labute approximate surface area is 103 Å². The maximum Gasteiger partial charge on any atom is 0.219 e. The van der Waals surface area contributed by atoms with E-state index in [4.69, 9.17) is 17.3 Å². The van der Waals surface area contributed by atoms with Crippen molar-refractivity contribution in [3.05, 3.63) is 35.0 Å². The molecule has 0 fully saturated rings. The van der Waals surface area contributed by atoms with Crippen LogP contribution >= 0.6 is 11.6 Å². The standard InChI is InChI=1S/C12H11ClN2O2/c13-9-1-2-10-8(7-16)6-15(11(10)5-9)4-3-12(14)17/h1-2,5-7H,3-4H2,(H2,14,17). The topological polar surface area (TPSA) is 65.1 Å². The summed E-state index contributed by atoms with van der Waals surface area (Å²) in [7, 11) is 0. The number of carbonyl (C=O) groups is 2. The van der Waals surface area contributed by atoms with Crippen LogP contribution < -0.4 is 5.73 Å². The highest BCUT2D eigenvalue weighted by molar-refractivity contribution is 6.31. The van der Waals surface area contributed by atoms with Gasteiger partial charge in [-0.1, -0.05) is 17.7 Å². The predicted octanol–water partition coefficient (Wildman–Crippen LogP) is 1.98. The van der Waals surface area contributed by atoms with Crippen LogP contribution in [0.1, 0.15) is 16.8 Å². The molecule has 2 N–H and O–H groups in total. The molecule has 2 aromatic rings. The summed E-state index contributed by atoms with van der Waals surface area (Å²) in [5.41, 5.74) is 6.52. The van der Waals surface area contributed by atoms with Crippen molar-refractivity contribution in [3.63, 3.8) is 0 Å². The first kappa shape index (κ1) is 11.7. The molecule has 1 aromatic heterocycles. The number of halogens is 1. The Morgan fingerprint density at radius 2 is 2.24 bits per heavy atom. The molecule has 0 aliphatic rings. The van der Waals surface area contributed by atoms with Gasteiger partial charge in [0.2, 0.25) is 5.91 Å². The lowest BCUT2D eigenvalue weighted by Crippen LogP contribution is -2.13. The molecular weight excluding hydrogens is 240 g/mol. The molecule has 0 bridgehead atoms. The zero-order chi connectivity index (χ0) is 12.4. The van der Waals surface area contributed by atoms with Crippen molar-refractivity contribution < 1.29 is 9.59 Å². The Balaban J connectivity index is 2.50. The van der Waals surface area contributed by atoms with Gasteiger partial charge in [-0.2, -0.15) is 0 Å². The van der Waals surface area contributed by atoms with Gasteiger partial charge in [0.15, 0.2) is 6.29 Å². The molecule has 0 aliphatic heterocycles. The van der Waals surface area contributed by atoms with E-state index in [1.54, 1.807) is 24.4 Å². The van der Waals surface area contributed by atoms with E-state index < -0.39 is 0 Å². The van der Waals surface area contributed by atoms with Crippen molar-refractivity contribution in [1.29, 1.82) is 0 Å². The van der Waals surface area contributed by atoms with Crippen molar-refractivity contribution in [2.24, 2.45) is 5.73 Å². The molecule has 0 aliphatic carbocycles. The molecule has 1 amide bonds. The van der Waals surface area contributed by atoms with Crippen molar-refractivity contribution in [2.75, 3.05) is 0 Å². The van der Waals surface area contributed by atoms with E-state index in [1.807, 2.05) is 4.57 Å². The van der Waals surface area contributed by atoms with E-state index in [0.717, 1.165) is 17.2 Å². The molecule has 1 heterocycles. The summed E-state index contributed by atoms with van der Waals surface area (Å²) in [5, 5.41) is 1.42. The molecule has 0 unspecified atom stereocenters. The van der Waals surface area contributed by atoms with Crippen molar-refractivity contribution in [2.45, 2.75) is 13.0 Å². The van der Waals surface area contributed by atoms with Crippen molar-refractivity contribution >= 4 is 34.7 Å². The minimum absolute atomic E-state index is 0.231. The van der Waals surface area contributed by atoms with E-state index in [9.17, 15) is 9.59 Å². The second-order valence-electron chi connectivity index (χ2n) is 3.77. The van der Waals surface area contributed by atoms with Crippen LogP contribution in [-0.4, -0.2) is 16.8 Å². The third-order valence-electron chi connectivity index (χ3n) is 2.60. The summed E-state index contributed by atoms with van der Waals surface area (Å²) in [5.74, 6) is -0.374. The van der Waals surface area contributed by atoms with Gasteiger partial charge in [-0.3, -0.25) is 9.59 Å². The Bertz CT molecular complexity index is 589. The predicted molar refractivity (Wildman–Crippen MR) is 66.1 cm³/mol. The number of aromatic nitrogens is 1. The number of aryl methyl sites for hydroxylation is 1. The number of primary amides is 1. The van der Waals surface area contributed by atoms with E-state index >= 15 is 0 Å². The smallest absolute Gasteiger partial charge is 0.219 e. The Morgan fingerprint density at radius 3 is 2.88 bits per heavy atom. The highest BCUT2D eigenvalue weighted by Gasteiger charge is 2.08. The minimum atomic E-state index is -0.374. The summed E-state index contributed by atoms with van der Waals surface area (Å²) in [4.78, 5) is 21.7. The van der Waals surface area contributed by atoms with Crippen LogP contribution in [0.3, 0.4) is 0 Å². The molecule has 4 nitrogen and oxygen atoms in total. The van der Waals surface area contributed by atoms with Gasteiger partial charge in [0.25, 0.3) is 0 Å². The number of rotatable bonds is 4. The highest BCUT2D eigenvalue weighted by atomic mass is 35.5. The zero-order valence-electron chi connectivity index (χ0n) is 9.02. The van der Waals surface area contributed by atoms with Crippen LogP contribution in [-0.2, 0) is 11.3 Å². The molecule has 0 saturated carbocycles. The van der Waals surface area contributed by atoms with Crippen LogP contribution in [0, 0.1) is 0 Å². The highest BCUT2D eigenvalue weighted by Crippen LogP contribution is 2.24. The lowest BCUT2D eigenvalue weighted by atomic mass is 10.2. The molecule has 0 radical (unpaired) electrons. The number of hydrogen-bond acceptors (Lipinski definition) is 2. The number of nitrogens with two attached hydrogens (primary N) is 1. The Kier molecular flexibility index (Phi) is 3.15. The summed E-state index contributed by atoms with van der Waals surface area (Å²) in [6.45, 7) is 0.444. The molecule has 17 heavy (non-hydrogen) atoms. The zero-order valence-corrected chi connectivity index (χ0v) is 9.78. The monoisotopic (exact) mass is 250 g/mol. The number of amides is 1. The van der Waals surface area contributed by atoms with E-state index in [-0.39, 0.29) is 12.3 Å². The number of hydrogen-bond donors (Lipinski definition) is 1. The Hall–Kier alpha value is -1.81. The van der Waals surface area contributed by atoms with E-state index in [2.05, 4.69) is 0 Å². The molecule has 88 valence electrons. The summed E-state index contributed by atoms with van der Waals surface area (Å²) in [6.07, 6.45) is 2.72. The first-order valence-electron chi connectivity index (χ1n) is 5.13. The number of carbonyl (C=O) groups excluding carboxylic acids is 2. The summed E-state index contributed by atoms with van der Waals surface area (Å²) in [6, 6.07) is 5.29. The minimum Gasteiger partial charge on any atom is -0.370 e. The number of benzene rings is 1. The molecular formula is C12H11ClN2O2. The fraction of sp³-hybridized carbons (Fsp3) is 0.167. The van der Waals surface area contributed by atoms with Gasteiger partial charge in [-0.05, 0) is 12.1 Å². The molecule has 0 atom stereocenters. The van der Waals surface area contributed by atoms with Gasteiger partial charge in [0.1, 0.15) is 0 Å². The largest absolute Gasteiger partial charge is 0.370 e. The normalized spacial score (nSPS) is 10.6. The summed E-state index contributed by atoms with van der Waals surface area (Å²) < 4.78 is 1.82. The average molecular weight is 251 g/mol. The van der Waals surface area contributed by atoms with Gasteiger partial charge in [0.05, 0.1) is 5.52 Å². The van der Waals surface area contributed by atoms with Crippen LogP contribution in [0.25, 0.3) is 10.9 Å². The van der Waals surface area contributed by atoms with Gasteiger partial charge < -0.3 is 10.3 Å². The van der Waals surface area contributed by atoms with Crippen LogP contribution in [0.4, 0.5) is 0 Å². The lowest BCUT2D eigenvalue weighted by molar-refractivity contribution is -0.118. The summed E-state index contributed by atoms with van der Waals surface area (Å²) >= 11 is 5.91. The first-order valence-corrected chi connectivity index (χ1v) is 5.51. The number of nitrogens with zero attached hydrogens (tertiary/aromatic N) is 1. The third kappa shape index (κ3) is 2.31. The average Bonchev–Trinajstić information content (AvgIpc) is 2.63. The molecule has 1 aromatic carbocycles. The van der Waals surface area contributed by atoms with Crippen LogP contribution in [0.5, 0.6) is 0 Å². The molecule has 0 spiro atoms. The second-order valence-corrected chi connectivity index (χ2v) is 4.21. The number of aldehydes is 1. The SMILES string of the molecule is NC(=O)CCn1cc(C=O)c2ccc(Cl)cc21. The van der Waals surface area contributed by atoms with Crippen molar-refractivity contribution in [1.82, 2.24) is 4.57 Å². The third-order valence-corrected chi connectivity index (χ3v) is 2.84. The van der Waals surface area contributed by atoms with E-state index in [0.29, 0.717) is 17.1 Å². The fourth-order valence-electron chi connectivity index (χ4n) is 1.80. The van der Waals surface area contributed by atoms with Crippen LogP contribution in [0.2, 0.25) is 5.02 Å². The van der Waals surface area contributed by atoms with Crippen LogP contribution in [0.15, 0.2) is 24.4 Å². The van der Waals surface area contributed by atoms with Gasteiger partial charge >= 0.3 is 0 Å². The maximum atomic E-state index is 10.9. The van der Waals surface area contributed by atoms with Gasteiger partial charge in [-0.15, -0.1) is 0 Å². The lowest BCUT2D eigenvalue weighted by Gasteiger charge is -2.03. The first-order chi connectivity index (χ1) is 8.11. The van der Waals surface area contributed by atoms with Crippen molar-refractivity contribution in [3.8, 4) is 0 Å². The van der Waals surface area contributed by atoms with E-state index in [1.165, 1.54) is 0 Å². The number of fused-ring (bicyclic) bond motifs is 1. The second kappa shape index (κ2) is 4.59. The fourth-order valence-corrected chi connectivity index (χ4v) is 1.97. The van der Waals surface area contributed by atoms with Gasteiger partial charge in [0, 0.05) is 35.1 Å². The molecule has 0 saturated heterocycles. The van der Waals surface area contributed by atoms with Gasteiger partial charge in [-0.25, -0.2) is 0 Å². The quantitative estimate of drug-likeness (QED) is 0.844. The molecule has 5 heteroatoms. The molecule has 2 rings (SSSR count). The maximum absolute atomic E-state index is 10.9.